The van der Waals surface area contributed by atoms with Crippen LogP contribution in [0, 0.1) is 40.4 Å². The van der Waals surface area contributed by atoms with Crippen LogP contribution in [0.5, 0.6) is 0 Å². The summed E-state index contributed by atoms with van der Waals surface area (Å²) >= 11 is 0. The summed E-state index contributed by atoms with van der Waals surface area (Å²) < 4.78 is 6.17. The van der Waals surface area contributed by atoms with Gasteiger partial charge in [-0.3, -0.25) is 19.2 Å². The number of hydrogen-bond acceptors (Lipinski definition) is 6. The Morgan fingerprint density at radius 3 is 2.02 bits per heavy atom. The minimum Gasteiger partial charge on any atom is -0.443 e. The Morgan fingerprint density at radius 1 is 0.976 bits per heavy atom. The zero-order chi connectivity index (χ0) is 30.1. The Kier molecular flexibility index (Phi) is 7.47. The number of carbonyl (C=O) groups is 5. The summed E-state index contributed by atoms with van der Waals surface area (Å²) in [7, 11) is 0. The van der Waals surface area contributed by atoms with E-state index in [1.807, 2.05) is 27.7 Å². The molecule has 5 saturated carbocycles. The monoisotopic (exact) mass is 572 g/mol. The summed E-state index contributed by atoms with van der Waals surface area (Å²) in [4.78, 5) is 66.8. The number of rotatable bonds is 9. The van der Waals surface area contributed by atoms with Gasteiger partial charge in [0.2, 0.25) is 17.6 Å². The lowest BCUT2D eigenvalue weighted by Crippen LogP contribution is -2.61. The smallest absolute Gasteiger partial charge is 0.408 e. The van der Waals surface area contributed by atoms with Gasteiger partial charge in [0.05, 0.1) is 6.04 Å². The van der Waals surface area contributed by atoms with Crippen molar-refractivity contribution in [3.63, 3.8) is 0 Å². The lowest BCUT2D eigenvalue weighted by atomic mass is 9.54. The van der Waals surface area contributed by atoms with E-state index in [9.17, 15) is 24.0 Å². The van der Waals surface area contributed by atoms with Crippen LogP contribution in [0.2, 0.25) is 0 Å². The Hall–Kier alpha value is -2.65. The second-order valence-corrected chi connectivity index (χ2v) is 15.4. The third-order valence-electron chi connectivity index (χ3n) is 10.9. The number of ketones is 1. The average Bonchev–Trinajstić information content (AvgIpc) is 3.18. The highest BCUT2D eigenvalue weighted by molar-refractivity contribution is 6.37. The van der Waals surface area contributed by atoms with Gasteiger partial charge in [-0.25, -0.2) is 4.79 Å². The molecule has 10 heteroatoms. The second kappa shape index (κ2) is 10.3. The maximum absolute atomic E-state index is 14.2. The van der Waals surface area contributed by atoms with Crippen LogP contribution in [-0.2, 0) is 23.9 Å². The van der Waals surface area contributed by atoms with Gasteiger partial charge in [0.15, 0.2) is 0 Å². The number of likely N-dealkylation sites (tertiary alicyclic amines) is 1. The lowest BCUT2D eigenvalue weighted by Gasteiger charge is -2.55. The van der Waals surface area contributed by atoms with Crippen molar-refractivity contribution >= 4 is 29.6 Å². The molecule has 0 aromatic carbocycles. The normalized spacial score (nSPS) is 35.7. The van der Waals surface area contributed by atoms with E-state index in [1.54, 1.807) is 4.90 Å². The van der Waals surface area contributed by atoms with Gasteiger partial charge in [-0.1, -0.05) is 48.0 Å². The first kappa shape index (κ1) is 29.8. The van der Waals surface area contributed by atoms with E-state index in [-0.39, 0.29) is 29.6 Å². The zero-order valence-electron chi connectivity index (χ0n) is 25.5. The van der Waals surface area contributed by atoms with Crippen LogP contribution in [0.4, 0.5) is 4.79 Å². The molecule has 0 radical (unpaired) electrons. The van der Waals surface area contributed by atoms with Crippen molar-refractivity contribution in [2.75, 3.05) is 6.54 Å². The van der Waals surface area contributed by atoms with Crippen molar-refractivity contribution in [2.45, 2.75) is 117 Å². The average molecular weight is 573 g/mol. The predicted molar refractivity (Wildman–Crippen MR) is 151 cm³/mol. The van der Waals surface area contributed by atoms with Crippen molar-refractivity contribution in [3.8, 4) is 0 Å². The molecular formula is C31H48N4O6. The summed E-state index contributed by atoms with van der Waals surface area (Å²) in [6.45, 7) is 12.0. The van der Waals surface area contributed by atoms with E-state index in [2.05, 4.69) is 24.5 Å². The molecule has 4 N–H and O–H groups in total. The number of piperidine rings is 1. The largest absolute Gasteiger partial charge is 0.443 e. The molecule has 1 heterocycles. The summed E-state index contributed by atoms with van der Waals surface area (Å²) in [5.41, 5.74) is 4.01. The van der Waals surface area contributed by atoms with Gasteiger partial charge in [0.25, 0.3) is 5.91 Å². The van der Waals surface area contributed by atoms with E-state index in [4.69, 9.17) is 10.5 Å². The number of ether oxygens (including phenoxy) is 1. The minimum absolute atomic E-state index is 0.0861. The van der Waals surface area contributed by atoms with Gasteiger partial charge < -0.3 is 26.0 Å². The number of alkyl carbamates (subject to hydrolysis) is 1. The summed E-state index contributed by atoms with van der Waals surface area (Å²) in [5.74, 6) is -0.852. The third-order valence-corrected chi connectivity index (χ3v) is 10.9. The number of nitrogens with one attached hydrogen (secondary N) is 2. The van der Waals surface area contributed by atoms with Crippen molar-refractivity contribution in [3.05, 3.63) is 0 Å². The first-order chi connectivity index (χ1) is 19.1. The number of amides is 4. The van der Waals surface area contributed by atoms with E-state index >= 15 is 0 Å². The van der Waals surface area contributed by atoms with Gasteiger partial charge in [0.1, 0.15) is 17.7 Å². The molecule has 4 amide bonds. The second-order valence-electron chi connectivity index (χ2n) is 15.4. The molecule has 6 fully saturated rings. The molecule has 4 bridgehead atoms. The highest BCUT2D eigenvalue weighted by Crippen LogP contribution is 2.65. The van der Waals surface area contributed by atoms with Crippen LogP contribution in [0.1, 0.15) is 92.9 Å². The highest BCUT2D eigenvalue weighted by atomic mass is 16.6. The van der Waals surface area contributed by atoms with Gasteiger partial charge >= 0.3 is 6.09 Å². The molecule has 41 heavy (non-hydrogen) atoms. The number of primary amides is 1. The Balaban J connectivity index is 1.32. The molecule has 0 spiro atoms. The number of carbonyl (C=O) groups excluding carboxylic acids is 5. The first-order valence-corrected chi connectivity index (χ1v) is 15.5. The first-order valence-electron chi connectivity index (χ1n) is 15.5. The lowest BCUT2D eigenvalue weighted by molar-refractivity contribution is -0.146. The maximum atomic E-state index is 14.2. The summed E-state index contributed by atoms with van der Waals surface area (Å²) in [6.07, 6.45) is 6.66. The van der Waals surface area contributed by atoms with E-state index in [1.165, 1.54) is 19.3 Å². The summed E-state index contributed by atoms with van der Waals surface area (Å²) in [5, 5.41) is 5.64. The van der Waals surface area contributed by atoms with E-state index in [0.717, 1.165) is 19.3 Å². The molecule has 1 saturated heterocycles. The fraction of sp³-hybridized carbons (Fsp3) is 0.839. The van der Waals surface area contributed by atoms with Gasteiger partial charge in [-0.2, -0.15) is 0 Å². The van der Waals surface area contributed by atoms with Crippen molar-refractivity contribution in [2.24, 2.45) is 46.2 Å². The number of nitrogens with two attached hydrogens (primary N) is 1. The number of nitrogens with zero attached hydrogens (tertiary/aromatic N) is 1. The van der Waals surface area contributed by atoms with E-state index < -0.39 is 52.8 Å². The quantitative estimate of drug-likeness (QED) is 0.362. The fourth-order valence-electron chi connectivity index (χ4n) is 9.11. The molecule has 6 rings (SSSR count). The van der Waals surface area contributed by atoms with Crippen molar-refractivity contribution in [1.29, 1.82) is 0 Å². The molecule has 0 aromatic rings. The van der Waals surface area contributed by atoms with Gasteiger partial charge in [-0.05, 0) is 85.4 Å². The molecule has 5 atom stereocenters. The molecule has 0 aromatic heterocycles. The van der Waals surface area contributed by atoms with E-state index in [0.29, 0.717) is 30.7 Å². The molecule has 5 unspecified atom stereocenters. The molecule has 6 aliphatic rings. The third kappa shape index (κ3) is 5.47. The van der Waals surface area contributed by atoms with Crippen LogP contribution in [0.25, 0.3) is 0 Å². The molecular weight excluding hydrogens is 524 g/mol. The minimum atomic E-state index is -1.10. The fourth-order valence-corrected chi connectivity index (χ4v) is 9.11. The van der Waals surface area contributed by atoms with Crippen LogP contribution >= 0.6 is 0 Å². The van der Waals surface area contributed by atoms with Crippen LogP contribution in [0.3, 0.4) is 0 Å². The van der Waals surface area contributed by atoms with Crippen LogP contribution in [-0.4, -0.2) is 64.8 Å². The standard InChI is InChI=1S/C31H48N4O6/c1-7-8-20(23(36)25(32)37)33-26(38)22-21-19(30(21,5)6)15-35(22)27(39)24(29(2,3)4)34-28(40)41-31-12-16-9-17(13-31)11-18(10-16)14-31/h16-22,24H,7-15H2,1-6H3,(H2,32,37)(H,33,38)(H,34,40). The molecule has 228 valence electrons. The predicted octanol–water partition coefficient (Wildman–Crippen LogP) is 2.92. The zero-order valence-corrected chi connectivity index (χ0v) is 25.5. The topological polar surface area (TPSA) is 148 Å². The van der Waals surface area contributed by atoms with Crippen LogP contribution < -0.4 is 16.4 Å². The Labute approximate surface area is 243 Å². The number of hydrogen-bond donors (Lipinski definition) is 3. The summed E-state index contributed by atoms with van der Waals surface area (Å²) in [6, 6.07) is -2.75. The number of fused-ring (bicyclic) bond motifs is 1. The molecule has 5 aliphatic carbocycles. The highest BCUT2D eigenvalue weighted by Gasteiger charge is 2.70. The molecule has 10 nitrogen and oxygen atoms in total. The van der Waals surface area contributed by atoms with Crippen molar-refractivity contribution < 1.29 is 28.7 Å². The van der Waals surface area contributed by atoms with Gasteiger partial charge in [-0.15, -0.1) is 0 Å². The maximum Gasteiger partial charge on any atom is 0.408 e. The van der Waals surface area contributed by atoms with Gasteiger partial charge in [0, 0.05) is 6.54 Å². The molecule has 1 aliphatic heterocycles. The Bertz CT molecular complexity index is 1090. The Morgan fingerprint density at radius 2 is 1.54 bits per heavy atom. The van der Waals surface area contributed by atoms with Crippen molar-refractivity contribution in [1.82, 2.24) is 15.5 Å². The van der Waals surface area contributed by atoms with Crippen LogP contribution in [0.15, 0.2) is 0 Å². The number of Topliss-reactive ketones (excluding diaryl/α,β-unsaturated/α-hetero) is 1. The SMILES string of the molecule is CCCC(NC(=O)C1C2C(CN1C(=O)C(NC(=O)OC13CC4CC(CC(C4)C1)C3)C(C)(C)C)C2(C)C)C(=O)C(N)=O.